The van der Waals surface area contributed by atoms with Crippen LogP contribution in [0.5, 0.6) is 0 Å². The van der Waals surface area contributed by atoms with Crippen LogP contribution < -0.4 is 0 Å². The van der Waals surface area contributed by atoms with Crippen molar-refractivity contribution in [2.45, 2.75) is 39.4 Å². The lowest BCUT2D eigenvalue weighted by Gasteiger charge is -2.23. The molecular weight excluding hydrogens is 308 g/mol. The average molecular weight is 332 g/mol. The van der Waals surface area contributed by atoms with E-state index in [1.54, 1.807) is 11.3 Å². The molecule has 23 heavy (non-hydrogen) atoms. The van der Waals surface area contributed by atoms with Gasteiger partial charge in [0.05, 0.1) is 23.0 Å². The number of hydrogen-bond acceptors (Lipinski definition) is 5. The molecule has 0 saturated heterocycles. The van der Waals surface area contributed by atoms with Gasteiger partial charge in [-0.05, 0) is 31.7 Å². The fourth-order valence-corrected chi connectivity index (χ4v) is 3.85. The molecule has 0 aromatic carbocycles. The van der Waals surface area contributed by atoms with Crippen molar-refractivity contribution in [3.8, 4) is 0 Å². The summed E-state index contributed by atoms with van der Waals surface area (Å²) < 4.78 is 8.12. The first-order chi connectivity index (χ1) is 11.3. The van der Waals surface area contributed by atoms with E-state index in [0.717, 1.165) is 50.3 Å². The normalized spacial score (nSPS) is 22.0. The number of nitrogens with zero attached hydrogens (tertiary/aromatic N) is 4. The molecule has 1 saturated carbocycles. The number of fused-ring (bicyclic) bond motifs is 1. The zero-order valence-electron chi connectivity index (χ0n) is 13.6. The van der Waals surface area contributed by atoms with Crippen LogP contribution >= 0.6 is 11.3 Å². The van der Waals surface area contributed by atoms with Crippen molar-refractivity contribution in [3.05, 3.63) is 34.0 Å². The monoisotopic (exact) mass is 332 g/mol. The summed E-state index contributed by atoms with van der Waals surface area (Å²) in [5.74, 6) is 1.32. The van der Waals surface area contributed by atoms with E-state index in [1.165, 1.54) is 24.2 Å². The second kappa shape index (κ2) is 6.71. The summed E-state index contributed by atoms with van der Waals surface area (Å²) in [6, 6.07) is 2.13. The largest absolute Gasteiger partial charge is 0.381 e. The second-order valence-corrected chi connectivity index (χ2v) is 7.94. The van der Waals surface area contributed by atoms with E-state index in [9.17, 15) is 0 Å². The minimum atomic E-state index is 0.495. The van der Waals surface area contributed by atoms with Gasteiger partial charge in [-0.25, -0.2) is 4.98 Å². The van der Waals surface area contributed by atoms with E-state index in [-0.39, 0.29) is 0 Å². The second-order valence-electron chi connectivity index (χ2n) is 6.88. The Hall–Kier alpha value is -1.24. The molecule has 4 rings (SSSR count). The first-order valence-corrected chi connectivity index (χ1v) is 9.36. The maximum Gasteiger partial charge on any atom is 0.0897 e. The van der Waals surface area contributed by atoms with Gasteiger partial charge in [-0.15, -0.1) is 11.3 Å². The number of ether oxygens (including phenoxy) is 1. The van der Waals surface area contributed by atoms with E-state index in [0.29, 0.717) is 5.92 Å². The molecule has 6 heteroatoms. The molecule has 0 bridgehead atoms. The highest BCUT2D eigenvalue weighted by atomic mass is 32.1. The van der Waals surface area contributed by atoms with E-state index in [4.69, 9.17) is 4.74 Å². The van der Waals surface area contributed by atoms with Gasteiger partial charge in [0.2, 0.25) is 0 Å². The number of aryl methyl sites for hydroxylation is 1. The molecule has 2 aliphatic rings. The highest BCUT2D eigenvalue weighted by Crippen LogP contribution is 2.29. The Morgan fingerprint density at radius 1 is 1.26 bits per heavy atom. The van der Waals surface area contributed by atoms with Crippen LogP contribution in [0.3, 0.4) is 0 Å². The Labute approximate surface area is 141 Å². The first-order valence-electron chi connectivity index (χ1n) is 8.48. The topological polar surface area (TPSA) is 43.2 Å². The van der Waals surface area contributed by atoms with E-state index in [2.05, 4.69) is 38.0 Å². The Balaban J connectivity index is 1.42. The lowest BCUT2D eigenvalue weighted by atomic mass is 10.1. The Morgan fingerprint density at radius 3 is 2.91 bits per heavy atom. The predicted octanol–water partition coefficient (Wildman–Crippen LogP) is 2.71. The molecule has 5 nitrogen and oxygen atoms in total. The third-order valence-electron chi connectivity index (χ3n) is 4.59. The summed E-state index contributed by atoms with van der Waals surface area (Å²) in [6.45, 7) is 7.70. The standard InChI is InChI=1S/C17H24N4OS/c1-13-19-16(12-23-13)8-20-6-15(11-22-10-14-2-3-14)7-21-17(9-20)4-5-18-21/h4-5,12,14-15H,2-3,6-11H2,1H3/t15-/m0/s1. The molecule has 1 fully saturated rings. The summed E-state index contributed by atoms with van der Waals surface area (Å²) in [5, 5.41) is 7.81. The third-order valence-corrected chi connectivity index (χ3v) is 5.42. The van der Waals surface area contributed by atoms with Crippen molar-refractivity contribution in [1.29, 1.82) is 0 Å². The van der Waals surface area contributed by atoms with Crippen molar-refractivity contribution in [3.63, 3.8) is 0 Å². The molecule has 0 radical (unpaired) electrons. The van der Waals surface area contributed by atoms with Crippen LogP contribution in [0.25, 0.3) is 0 Å². The van der Waals surface area contributed by atoms with Crippen LogP contribution in [-0.2, 0) is 24.4 Å². The molecule has 0 unspecified atom stereocenters. The molecule has 1 aliphatic heterocycles. The lowest BCUT2D eigenvalue weighted by Crippen LogP contribution is -2.30. The van der Waals surface area contributed by atoms with Crippen LogP contribution in [0.4, 0.5) is 0 Å². The van der Waals surface area contributed by atoms with Gasteiger partial charge in [0, 0.05) is 50.3 Å². The van der Waals surface area contributed by atoms with Crippen molar-refractivity contribution < 1.29 is 4.74 Å². The number of hydrogen-bond donors (Lipinski definition) is 0. The maximum absolute atomic E-state index is 5.97. The van der Waals surface area contributed by atoms with E-state index >= 15 is 0 Å². The summed E-state index contributed by atoms with van der Waals surface area (Å²) in [5.41, 5.74) is 2.47. The third kappa shape index (κ3) is 4.00. The summed E-state index contributed by atoms with van der Waals surface area (Å²) in [4.78, 5) is 7.11. The molecular formula is C17H24N4OS. The van der Waals surface area contributed by atoms with Crippen LogP contribution in [-0.4, -0.2) is 39.4 Å². The number of aromatic nitrogens is 3. The highest BCUT2D eigenvalue weighted by Gasteiger charge is 2.25. The summed E-state index contributed by atoms with van der Waals surface area (Å²) in [7, 11) is 0. The van der Waals surface area contributed by atoms with Gasteiger partial charge in [-0.2, -0.15) is 5.10 Å². The quantitative estimate of drug-likeness (QED) is 0.816. The van der Waals surface area contributed by atoms with Gasteiger partial charge in [-0.3, -0.25) is 9.58 Å². The smallest absolute Gasteiger partial charge is 0.0897 e. The molecule has 0 N–H and O–H groups in total. The number of thiazole rings is 1. The van der Waals surface area contributed by atoms with Gasteiger partial charge in [0.15, 0.2) is 0 Å². The molecule has 1 aliphatic carbocycles. The van der Waals surface area contributed by atoms with Crippen LogP contribution in [0.1, 0.15) is 29.2 Å². The van der Waals surface area contributed by atoms with Crippen LogP contribution in [0.15, 0.2) is 17.6 Å². The molecule has 3 heterocycles. The van der Waals surface area contributed by atoms with Crippen molar-refractivity contribution >= 4 is 11.3 Å². The molecule has 2 aromatic heterocycles. The lowest BCUT2D eigenvalue weighted by molar-refractivity contribution is 0.0694. The molecule has 2 aromatic rings. The minimum Gasteiger partial charge on any atom is -0.381 e. The van der Waals surface area contributed by atoms with Gasteiger partial charge in [0.25, 0.3) is 0 Å². The molecule has 124 valence electrons. The summed E-state index contributed by atoms with van der Waals surface area (Å²) in [6.07, 6.45) is 4.61. The average Bonchev–Trinajstić information content (AvgIpc) is 3.16. The molecule has 0 spiro atoms. The molecule has 0 amide bonds. The van der Waals surface area contributed by atoms with E-state index < -0.39 is 0 Å². The van der Waals surface area contributed by atoms with Gasteiger partial charge >= 0.3 is 0 Å². The molecule has 1 atom stereocenters. The van der Waals surface area contributed by atoms with Gasteiger partial charge < -0.3 is 4.74 Å². The Bertz CT molecular complexity index is 649. The predicted molar refractivity (Wildman–Crippen MR) is 90.2 cm³/mol. The van der Waals surface area contributed by atoms with E-state index in [1.807, 2.05) is 6.20 Å². The number of rotatable bonds is 6. The van der Waals surface area contributed by atoms with Crippen LogP contribution in [0, 0.1) is 18.8 Å². The Morgan fingerprint density at radius 2 is 2.13 bits per heavy atom. The van der Waals surface area contributed by atoms with Crippen molar-refractivity contribution in [1.82, 2.24) is 19.7 Å². The Kier molecular flexibility index (Phi) is 4.46. The maximum atomic E-state index is 5.97. The van der Waals surface area contributed by atoms with Gasteiger partial charge in [-0.1, -0.05) is 0 Å². The van der Waals surface area contributed by atoms with Crippen molar-refractivity contribution in [2.75, 3.05) is 19.8 Å². The highest BCUT2D eigenvalue weighted by molar-refractivity contribution is 7.09. The zero-order chi connectivity index (χ0) is 15.6. The summed E-state index contributed by atoms with van der Waals surface area (Å²) >= 11 is 1.73. The van der Waals surface area contributed by atoms with Crippen LogP contribution in [0.2, 0.25) is 0 Å². The fraction of sp³-hybridized carbons (Fsp3) is 0.647. The van der Waals surface area contributed by atoms with Gasteiger partial charge in [0.1, 0.15) is 0 Å². The zero-order valence-corrected chi connectivity index (χ0v) is 14.5. The fourth-order valence-electron chi connectivity index (χ4n) is 3.24. The first kappa shape index (κ1) is 15.3. The SMILES string of the molecule is Cc1nc(CN2Cc3ccnn3C[C@@H](COCC3CC3)C2)cs1. The van der Waals surface area contributed by atoms with Crippen molar-refractivity contribution in [2.24, 2.45) is 11.8 Å². The minimum absolute atomic E-state index is 0.495.